The van der Waals surface area contributed by atoms with Gasteiger partial charge in [-0.15, -0.1) is 0 Å². The van der Waals surface area contributed by atoms with Crippen LogP contribution in [-0.4, -0.2) is 76.7 Å². The predicted molar refractivity (Wildman–Crippen MR) is 104 cm³/mol. The summed E-state index contributed by atoms with van der Waals surface area (Å²) in [5.41, 5.74) is 16.2. The molecule has 156 valence electrons. The zero-order valence-corrected chi connectivity index (χ0v) is 16.4. The highest BCUT2D eigenvalue weighted by Crippen LogP contribution is 2.04. The molecule has 12 heteroatoms. The Morgan fingerprint density at radius 1 is 1.15 bits per heavy atom. The van der Waals surface area contributed by atoms with Gasteiger partial charge in [0.1, 0.15) is 6.04 Å². The Morgan fingerprint density at radius 2 is 1.78 bits per heavy atom. The minimum Gasteiger partial charge on any atom is -0.480 e. The second kappa shape index (κ2) is 13.2. The molecule has 0 saturated carbocycles. The monoisotopic (exact) mass is 406 g/mol. The summed E-state index contributed by atoms with van der Waals surface area (Å²) in [4.78, 5) is 39.5. The summed E-state index contributed by atoms with van der Waals surface area (Å²) in [6.07, 6.45) is 1.62. The van der Waals surface area contributed by atoms with E-state index in [9.17, 15) is 19.5 Å². The Labute approximate surface area is 162 Å². The van der Waals surface area contributed by atoms with Crippen molar-refractivity contribution in [1.82, 2.24) is 10.6 Å². The number of thioether (sulfide) groups is 1. The molecule has 10 N–H and O–H groups in total. The summed E-state index contributed by atoms with van der Waals surface area (Å²) in [7, 11) is 0. The van der Waals surface area contributed by atoms with Crippen LogP contribution in [0.5, 0.6) is 0 Å². The molecule has 0 aliphatic carbocycles. The number of aliphatic hydroxyl groups is 1. The van der Waals surface area contributed by atoms with Gasteiger partial charge in [0, 0.05) is 6.54 Å². The van der Waals surface area contributed by atoms with Gasteiger partial charge in [0.25, 0.3) is 0 Å². The van der Waals surface area contributed by atoms with Crippen molar-refractivity contribution < 1.29 is 24.6 Å². The molecule has 0 aromatic heterocycles. The third-order valence-corrected chi connectivity index (χ3v) is 4.24. The number of hydrogen-bond donors (Lipinski definition) is 7. The summed E-state index contributed by atoms with van der Waals surface area (Å²) >= 11 is 1.47. The van der Waals surface area contributed by atoms with E-state index >= 15 is 0 Å². The fourth-order valence-corrected chi connectivity index (χ4v) is 2.55. The number of nitrogens with one attached hydrogen (secondary N) is 2. The quantitative estimate of drug-likeness (QED) is 0.0983. The molecule has 0 aliphatic rings. The molecule has 4 atom stereocenters. The van der Waals surface area contributed by atoms with Crippen LogP contribution in [0.4, 0.5) is 0 Å². The first-order valence-electron chi connectivity index (χ1n) is 8.41. The number of rotatable bonds is 13. The van der Waals surface area contributed by atoms with Crippen LogP contribution in [0, 0.1) is 0 Å². The van der Waals surface area contributed by atoms with Gasteiger partial charge in [-0.2, -0.15) is 11.8 Å². The summed E-state index contributed by atoms with van der Waals surface area (Å²) in [6, 6.07) is -3.30. The third-order valence-electron chi connectivity index (χ3n) is 3.59. The van der Waals surface area contributed by atoms with Crippen LogP contribution in [0.3, 0.4) is 0 Å². The number of hydrogen-bond acceptors (Lipinski definition) is 7. The normalized spacial score (nSPS) is 15.1. The Hall–Kier alpha value is -2.05. The minimum atomic E-state index is -1.47. The van der Waals surface area contributed by atoms with E-state index in [1.165, 1.54) is 18.7 Å². The molecule has 27 heavy (non-hydrogen) atoms. The van der Waals surface area contributed by atoms with E-state index in [-0.39, 0.29) is 12.4 Å². The molecule has 0 saturated heterocycles. The maximum absolute atomic E-state index is 12.4. The molecule has 0 aromatic rings. The first kappa shape index (κ1) is 24.9. The lowest BCUT2D eigenvalue weighted by Gasteiger charge is -2.23. The van der Waals surface area contributed by atoms with Crippen molar-refractivity contribution in [3.8, 4) is 0 Å². The van der Waals surface area contributed by atoms with Crippen LogP contribution in [0.2, 0.25) is 0 Å². The van der Waals surface area contributed by atoms with Gasteiger partial charge < -0.3 is 38.0 Å². The van der Waals surface area contributed by atoms with Crippen molar-refractivity contribution in [2.75, 3.05) is 18.6 Å². The van der Waals surface area contributed by atoms with Crippen molar-refractivity contribution in [3.63, 3.8) is 0 Å². The summed E-state index contributed by atoms with van der Waals surface area (Å²) in [5.74, 6) is -2.09. The molecule has 0 aliphatic heterocycles. The lowest BCUT2D eigenvalue weighted by Crippen LogP contribution is -2.56. The summed E-state index contributed by atoms with van der Waals surface area (Å²) in [5, 5.41) is 23.3. The van der Waals surface area contributed by atoms with E-state index in [0.717, 1.165) is 0 Å². The second-order valence-electron chi connectivity index (χ2n) is 5.96. The number of aliphatic imine (C=N–C) groups is 1. The Morgan fingerprint density at radius 3 is 2.26 bits per heavy atom. The molecular weight excluding hydrogens is 376 g/mol. The maximum atomic E-state index is 12.4. The van der Waals surface area contributed by atoms with Gasteiger partial charge >= 0.3 is 5.97 Å². The zero-order chi connectivity index (χ0) is 21.0. The molecule has 0 unspecified atom stereocenters. The second-order valence-corrected chi connectivity index (χ2v) is 6.95. The fourth-order valence-electron chi connectivity index (χ4n) is 2.08. The first-order chi connectivity index (χ1) is 12.6. The van der Waals surface area contributed by atoms with Crippen LogP contribution < -0.4 is 27.8 Å². The first-order valence-corrected chi connectivity index (χ1v) is 9.81. The standard InChI is InChI=1S/C15H30N6O5S/c1-8(22)11(14(25)26)21-13(24)10(5-7-27-2)20-12(23)9(16)4-3-6-19-15(17)18/h8-11,22H,3-7,16H2,1-2H3,(H,20,23)(H,21,24)(H,25,26)(H4,17,18,19)/t8-,9+,10+,11+/m1/s1. The van der Waals surface area contributed by atoms with Crippen LogP contribution in [-0.2, 0) is 14.4 Å². The minimum absolute atomic E-state index is 0.0482. The average molecular weight is 407 g/mol. The molecule has 0 heterocycles. The van der Waals surface area contributed by atoms with E-state index in [2.05, 4.69) is 15.6 Å². The highest BCUT2D eigenvalue weighted by molar-refractivity contribution is 7.98. The highest BCUT2D eigenvalue weighted by Gasteiger charge is 2.30. The Bertz CT molecular complexity index is 527. The molecule has 0 aromatic carbocycles. The number of guanidine groups is 1. The van der Waals surface area contributed by atoms with E-state index in [1.807, 2.05) is 6.26 Å². The lowest BCUT2D eigenvalue weighted by atomic mass is 10.1. The van der Waals surface area contributed by atoms with E-state index in [4.69, 9.17) is 22.3 Å². The van der Waals surface area contributed by atoms with E-state index in [1.54, 1.807) is 0 Å². The lowest BCUT2D eigenvalue weighted by molar-refractivity contribution is -0.145. The number of aliphatic hydroxyl groups excluding tert-OH is 1. The van der Waals surface area contributed by atoms with Gasteiger partial charge in [-0.25, -0.2) is 4.79 Å². The Balaban J connectivity index is 4.82. The fraction of sp³-hybridized carbons (Fsp3) is 0.733. The zero-order valence-electron chi connectivity index (χ0n) is 15.6. The smallest absolute Gasteiger partial charge is 0.328 e. The van der Waals surface area contributed by atoms with Gasteiger partial charge in [0.15, 0.2) is 12.0 Å². The van der Waals surface area contributed by atoms with Crippen LogP contribution in [0.25, 0.3) is 0 Å². The molecule has 0 radical (unpaired) electrons. The number of carbonyl (C=O) groups excluding carboxylic acids is 2. The SMILES string of the molecule is CSCC[C@H](NC(=O)[C@@H](N)CCCN=C(N)N)C(=O)N[C@H](C(=O)O)[C@@H](C)O. The van der Waals surface area contributed by atoms with Gasteiger partial charge in [-0.3, -0.25) is 14.6 Å². The summed E-state index contributed by atoms with van der Waals surface area (Å²) < 4.78 is 0. The third kappa shape index (κ3) is 10.6. The van der Waals surface area contributed by atoms with Gasteiger partial charge in [0.2, 0.25) is 11.8 Å². The van der Waals surface area contributed by atoms with Crippen molar-refractivity contribution >= 4 is 35.5 Å². The summed E-state index contributed by atoms with van der Waals surface area (Å²) in [6.45, 7) is 1.58. The number of nitrogens with two attached hydrogens (primary N) is 3. The Kier molecular flexibility index (Phi) is 12.2. The highest BCUT2D eigenvalue weighted by atomic mass is 32.2. The molecule has 0 rings (SSSR count). The van der Waals surface area contributed by atoms with Crippen LogP contribution in [0.1, 0.15) is 26.2 Å². The van der Waals surface area contributed by atoms with E-state index < -0.39 is 42.0 Å². The molecule has 2 amide bonds. The topological polar surface area (TPSA) is 206 Å². The number of nitrogens with zero attached hydrogens (tertiary/aromatic N) is 1. The van der Waals surface area contributed by atoms with E-state index in [0.29, 0.717) is 25.1 Å². The van der Waals surface area contributed by atoms with Gasteiger partial charge in [-0.05, 0) is 38.2 Å². The maximum Gasteiger partial charge on any atom is 0.328 e. The molecular formula is C15H30N6O5S. The van der Waals surface area contributed by atoms with Crippen LogP contribution in [0.15, 0.2) is 4.99 Å². The van der Waals surface area contributed by atoms with Crippen LogP contribution >= 0.6 is 11.8 Å². The number of aliphatic carboxylic acids is 1. The van der Waals surface area contributed by atoms with Crippen molar-refractivity contribution in [2.24, 2.45) is 22.2 Å². The van der Waals surface area contributed by atoms with Gasteiger partial charge in [-0.1, -0.05) is 0 Å². The predicted octanol–water partition coefficient (Wildman–Crippen LogP) is -2.44. The largest absolute Gasteiger partial charge is 0.480 e. The van der Waals surface area contributed by atoms with Gasteiger partial charge in [0.05, 0.1) is 12.1 Å². The van der Waals surface area contributed by atoms with Crippen molar-refractivity contribution in [2.45, 2.75) is 50.4 Å². The average Bonchev–Trinajstić information content (AvgIpc) is 2.58. The number of carboxylic acids is 1. The van der Waals surface area contributed by atoms with Crippen molar-refractivity contribution in [1.29, 1.82) is 0 Å². The van der Waals surface area contributed by atoms with Crippen molar-refractivity contribution in [3.05, 3.63) is 0 Å². The number of carbonyl (C=O) groups is 3. The number of carboxylic acid groups (broad SMARTS) is 1. The number of amides is 2. The molecule has 11 nitrogen and oxygen atoms in total. The molecule has 0 fully saturated rings. The molecule has 0 spiro atoms. The molecule has 0 bridgehead atoms.